The quantitative estimate of drug-likeness (QED) is 0.287. The summed E-state index contributed by atoms with van der Waals surface area (Å²) < 4.78 is 10.3. The average molecular weight is 387 g/mol. The van der Waals surface area contributed by atoms with Crippen LogP contribution in [0.4, 0.5) is 0 Å². The largest absolute Gasteiger partial charge is 0.481 e. The van der Waals surface area contributed by atoms with Crippen LogP contribution in [0.3, 0.4) is 0 Å². The monoisotopic (exact) mass is 386 g/mol. The fourth-order valence-electron chi connectivity index (χ4n) is 2.78. The van der Waals surface area contributed by atoms with Crippen LogP contribution in [0.5, 0.6) is 0 Å². The van der Waals surface area contributed by atoms with Gasteiger partial charge in [-0.2, -0.15) is 0 Å². The Balaban J connectivity index is 4.18. The van der Waals surface area contributed by atoms with Gasteiger partial charge in [0.05, 0.1) is 31.5 Å². The molecule has 6 nitrogen and oxygen atoms in total. The van der Waals surface area contributed by atoms with Gasteiger partial charge in [-0.25, -0.2) is 0 Å². The zero-order valence-corrected chi connectivity index (χ0v) is 17.3. The Hall–Kier alpha value is -1.59. The van der Waals surface area contributed by atoms with E-state index in [1.54, 1.807) is 0 Å². The third kappa shape index (κ3) is 13.3. The van der Waals surface area contributed by atoms with Gasteiger partial charge < -0.3 is 14.6 Å². The van der Waals surface area contributed by atoms with E-state index in [1.807, 2.05) is 0 Å². The Morgan fingerprint density at radius 3 is 1.74 bits per heavy atom. The van der Waals surface area contributed by atoms with Gasteiger partial charge in [0.2, 0.25) is 0 Å². The summed E-state index contributed by atoms with van der Waals surface area (Å²) in [5.41, 5.74) is 0. The van der Waals surface area contributed by atoms with Gasteiger partial charge in [-0.3, -0.25) is 14.4 Å². The second-order valence-corrected chi connectivity index (χ2v) is 7.15. The Morgan fingerprint density at radius 2 is 1.26 bits per heavy atom. The summed E-state index contributed by atoms with van der Waals surface area (Å²) in [6.45, 7) is 6.35. The molecule has 0 fully saturated rings. The first-order chi connectivity index (χ1) is 12.9. The third-order valence-electron chi connectivity index (χ3n) is 4.68. The maximum Gasteiger partial charge on any atom is 0.309 e. The molecule has 27 heavy (non-hydrogen) atoms. The summed E-state index contributed by atoms with van der Waals surface area (Å²) >= 11 is 0. The normalized spacial score (nSPS) is 13.0. The van der Waals surface area contributed by atoms with Crippen molar-refractivity contribution in [3.8, 4) is 0 Å². The number of hydrogen-bond acceptors (Lipinski definition) is 5. The molecule has 0 aromatic rings. The van der Waals surface area contributed by atoms with Crippen molar-refractivity contribution in [1.82, 2.24) is 0 Å². The van der Waals surface area contributed by atoms with Crippen LogP contribution < -0.4 is 0 Å². The van der Waals surface area contributed by atoms with E-state index in [-0.39, 0.29) is 6.42 Å². The number of aliphatic carboxylic acids is 1. The van der Waals surface area contributed by atoms with Crippen molar-refractivity contribution in [3.05, 3.63) is 0 Å². The zero-order valence-electron chi connectivity index (χ0n) is 17.3. The second-order valence-electron chi connectivity index (χ2n) is 7.15. The standard InChI is InChI=1S/C21H38O6/c1-4-6-8-10-12-14-26-19(22)16-18(20(23)24)17(3)21(25)27-15-13-11-9-7-5-2/h17-18H,4-16H2,1-3H3,(H,23,24). The molecule has 2 atom stereocenters. The minimum atomic E-state index is -1.18. The van der Waals surface area contributed by atoms with Crippen molar-refractivity contribution in [1.29, 1.82) is 0 Å². The average Bonchev–Trinajstić information content (AvgIpc) is 2.64. The number of carbonyl (C=O) groups is 3. The van der Waals surface area contributed by atoms with Crippen molar-refractivity contribution >= 4 is 17.9 Å². The van der Waals surface area contributed by atoms with E-state index < -0.39 is 29.7 Å². The minimum absolute atomic E-state index is 0.293. The molecule has 2 unspecified atom stereocenters. The van der Waals surface area contributed by atoms with Crippen molar-refractivity contribution < 1.29 is 29.0 Å². The van der Waals surface area contributed by atoms with Gasteiger partial charge in [-0.05, 0) is 12.8 Å². The lowest BCUT2D eigenvalue weighted by atomic mass is 9.91. The van der Waals surface area contributed by atoms with E-state index in [0.717, 1.165) is 64.2 Å². The molecule has 0 aromatic heterocycles. The molecule has 0 saturated carbocycles. The molecule has 0 heterocycles. The number of carboxylic acids is 1. The molecule has 0 aliphatic heterocycles. The molecule has 0 radical (unpaired) electrons. The molecular formula is C21H38O6. The predicted octanol–water partition coefficient (Wildman–Crippen LogP) is 4.74. The summed E-state index contributed by atoms with van der Waals surface area (Å²) in [6.07, 6.45) is 10.0. The summed E-state index contributed by atoms with van der Waals surface area (Å²) in [4.78, 5) is 35.4. The van der Waals surface area contributed by atoms with Crippen LogP contribution in [-0.2, 0) is 23.9 Å². The zero-order chi connectivity index (χ0) is 20.5. The topological polar surface area (TPSA) is 89.9 Å². The minimum Gasteiger partial charge on any atom is -0.481 e. The van der Waals surface area contributed by atoms with Gasteiger partial charge in [0.15, 0.2) is 0 Å². The van der Waals surface area contributed by atoms with E-state index >= 15 is 0 Å². The van der Waals surface area contributed by atoms with Crippen LogP contribution >= 0.6 is 0 Å². The number of ether oxygens (including phenoxy) is 2. The SMILES string of the molecule is CCCCCCCOC(=O)CC(C(=O)O)C(C)C(=O)OCCCCCCC. The number of unbranched alkanes of at least 4 members (excludes halogenated alkanes) is 8. The number of carbonyl (C=O) groups excluding carboxylic acids is 2. The van der Waals surface area contributed by atoms with Gasteiger partial charge in [-0.1, -0.05) is 72.1 Å². The fraction of sp³-hybridized carbons (Fsp3) is 0.857. The first-order valence-electron chi connectivity index (χ1n) is 10.5. The maximum atomic E-state index is 12.1. The van der Waals surface area contributed by atoms with Gasteiger partial charge >= 0.3 is 17.9 Å². The number of carboxylic acid groups (broad SMARTS) is 1. The number of esters is 2. The van der Waals surface area contributed by atoms with Crippen LogP contribution in [-0.4, -0.2) is 36.2 Å². The molecule has 0 spiro atoms. The van der Waals surface area contributed by atoms with Gasteiger partial charge in [0, 0.05) is 0 Å². The molecule has 0 aromatic carbocycles. The van der Waals surface area contributed by atoms with Gasteiger partial charge in [-0.15, -0.1) is 0 Å². The Kier molecular flexibility index (Phi) is 15.6. The maximum absolute atomic E-state index is 12.1. The van der Waals surface area contributed by atoms with Crippen LogP contribution in [0.25, 0.3) is 0 Å². The lowest BCUT2D eigenvalue weighted by molar-refractivity contribution is -0.160. The van der Waals surface area contributed by atoms with E-state index in [1.165, 1.54) is 6.92 Å². The second kappa shape index (κ2) is 16.6. The highest BCUT2D eigenvalue weighted by molar-refractivity contribution is 5.84. The molecule has 0 aliphatic rings. The molecular weight excluding hydrogens is 348 g/mol. The lowest BCUT2D eigenvalue weighted by Gasteiger charge is -2.18. The van der Waals surface area contributed by atoms with Crippen LogP contribution in [0.2, 0.25) is 0 Å². The lowest BCUT2D eigenvalue weighted by Crippen LogP contribution is -2.31. The number of rotatable bonds is 17. The highest BCUT2D eigenvalue weighted by atomic mass is 16.5. The molecule has 0 rings (SSSR count). The van der Waals surface area contributed by atoms with Gasteiger partial charge in [0.25, 0.3) is 0 Å². The molecule has 6 heteroatoms. The van der Waals surface area contributed by atoms with Crippen molar-refractivity contribution in [3.63, 3.8) is 0 Å². The van der Waals surface area contributed by atoms with Crippen molar-refractivity contribution in [2.75, 3.05) is 13.2 Å². The Morgan fingerprint density at radius 1 is 0.778 bits per heavy atom. The fourth-order valence-corrected chi connectivity index (χ4v) is 2.78. The van der Waals surface area contributed by atoms with Crippen molar-refractivity contribution in [2.24, 2.45) is 11.8 Å². The molecule has 0 aliphatic carbocycles. The van der Waals surface area contributed by atoms with Crippen LogP contribution in [0.1, 0.15) is 91.4 Å². The molecule has 158 valence electrons. The van der Waals surface area contributed by atoms with Crippen LogP contribution in [0, 0.1) is 11.8 Å². The third-order valence-corrected chi connectivity index (χ3v) is 4.68. The van der Waals surface area contributed by atoms with E-state index in [0.29, 0.717) is 13.2 Å². The van der Waals surface area contributed by atoms with E-state index in [2.05, 4.69) is 13.8 Å². The molecule has 0 amide bonds. The summed E-state index contributed by atoms with van der Waals surface area (Å²) in [5, 5.41) is 9.36. The van der Waals surface area contributed by atoms with Crippen LogP contribution in [0.15, 0.2) is 0 Å². The first kappa shape index (κ1) is 25.4. The summed E-state index contributed by atoms with van der Waals surface area (Å²) in [7, 11) is 0. The summed E-state index contributed by atoms with van der Waals surface area (Å²) in [6, 6.07) is 0. The smallest absolute Gasteiger partial charge is 0.309 e. The van der Waals surface area contributed by atoms with E-state index in [4.69, 9.17) is 9.47 Å². The predicted molar refractivity (Wildman–Crippen MR) is 104 cm³/mol. The van der Waals surface area contributed by atoms with E-state index in [9.17, 15) is 19.5 Å². The van der Waals surface area contributed by atoms with Gasteiger partial charge in [0.1, 0.15) is 0 Å². The number of hydrogen-bond donors (Lipinski definition) is 1. The van der Waals surface area contributed by atoms with Crippen molar-refractivity contribution in [2.45, 2.75) is 91.4 Å². The summed E-state index contributed by atoms with van der Waals surface area (Å²) in [5.74, 6) is -4.31. The Labute approximate surface area is 164 Å². The first-order valence-corrected chi connectivity index (χ1v) is 10.5. The molecule has 0 bridgehead atoms. The molecule has 1 N–H and O–H groups in total. The Bertz CT molecular complexity index is 421. The highest BCUT2D eigenvalue weighted by Gasteiger charge is 2.33. The highest BCUT2D eigenvalue weighted by Crippen LogP contribution is 2.19. The molecule has 0 saturated heterocycles.